The Hall–Kier alpha value is -2.40. The summed E-state index contributed by atoms with van der Waals surface area (Å²) in [5, 5.41) is 37.5. The van der Waals surface area contributed by atoms with E-state index in [9.17, 15) is 10.2 Å². The second kappa shape index (κ2) is 8.74. The molecule has 0 spiro atoms. The molecule has 0 heterocycles. The number of hydrogen-bond donors (Lipinski definition) is 2. The van der Waals surface area contributed by atoms with Gasteiger partial charge in [-0.05, 0) is 85.8 Å². The van der Waals surface area contributed by atoms with Gasteiger partial charge in [0.1, 0.15) is 23.5 Å². The molecule has 0 aromatic heterocycles. The fourth-order valence-electron chi connectivity index (χ4n) is 3.87. The van der Waals surface area contributed by atoms with Crippen molar-refractivity contribution in [2.24, 2.45) is 0 Å². The van der Waals surface area contributed by atoms with Gasteiger partial charge in [-0.25, -0.2) is 0 Å². The summed E-state index contributed by atoms with van der Waals surface area (Å²) in [5.74, 6) is -0.0482. The number of halogens is 2. The Kier molecular flexibility index (Phi) is 6.35. The summed E-state index contributed by atoms with van der Waals surface area (Å²) in [6, 6.07) is 7.32. The van der Waals surface area contributed by atoms with Crippen molar-refractivity contribution in [2.45, 2.75) is 51.4 Å². The first-order valence-corrected chi connectivity index (χ1v) is 10.1. The minimum Gasteiger partial charge on any atom is -0.507 e. The van der Waals surface area contributed by atoms with Crippen LogP contribution in [0.4, 0.5) is 0 Å². The maximum Gasteiger partial charge on any atom is 0.152 e. The summed E-state index contributed by atoms with van der Waals surface area (Å²) >= 11 is 12.0. The first-order valence-electron chi connectivity index (χ1n) is 9.34. The number of nitriles is 2. The molecular weight excluding hydrogens is 395 g/mol. The lowest BCUT2D eigenvalue weighted by atomic mass is 9.90. The molecule has 28 heavy (non-hydrogen) atoms. The first kappa shape index (κ1) is 20.3. The second-order valence-electron chi connectivity index (χ2n) is 7.08. The molecule has 0 bridgehead atoms. The summed E-state index contributed by atoms with van der Waals surface area (Å²) in [4.78, 5) is 0. The molecule has 4 nitrogen and oxygen atoms in total. The molecule has 0 fully saturated rings. The highest BCUT2D eigenvalue weighted by atomic mass is 35.5. The summed E-state index contributed by atoms with van der Waals surface area (Å²) in [7, 11) is 0. The van der Waals surface area contributed by atoms with Crippen molar-refractivity contribution in [1.29, 1.82) is 10.5 Å². The third-order valence-corrected chi connectivity index (χ3v) is 6.18. The quantitative estimate of drug-likeness (QED) is 0.587. The van der Waals surface area contributed by atoms with Crippen molar-refractivity contribution in [3.63, 3.8) is 0 Å². The summed E-state index contributed by atoms with van der Waals surface area (Å²) in [6.45, 7) is 0. The van der Waals surface area contributed by atoms with Crippen molar-refractivity contribution < 1.29 is 10.2 Å². The van der Waals surface area contributed by atoms with Crippen LogP contribution in [0.2, 0.25) is 10.0 Å². The molecule has 0 radical (unpaired) electrons. The molecule has 2 aliphatic rings. The molecule has 0 aliphatic heterocycles. The van der Waals surface area contributed by atoms with Gasteiger partial charge >= 0.3 is 0 Å². The average Bonchev–Trinajstić information content (AvgIpc) is 2.71. The SMILES string of the molecule is N#Cc1c(O)cc2c(c1Cl)CCCC2.N#Cc1cc2c(c(Cl)c1O)CCCC2. The molecule has 2 aromatic carbocycles. The summed E-state index contributed by atoms with van der Waals surface area (Å²) in [5.41, 5.74) is 4.79. The zero-order valence-electron chi connectivity index (χ0n) is 15.4. The monoisotopic (exact) mass is 414 g/mol. The predicted octanol–water partition coefficient (Wildman–Crippen LogP) is 5.59. The van der Waals surface area contributed by atoms with E-state index in [4.69, 9.17) is 33.7 Å². The van der Waals surface area contributed by atoms with E-state index in [1.165, 1.54) is 0 Å². The Balaban J connectivity index is 0.000000161. The van der Waals surface area contributed by atoms with E-state index in [1.807, 2.05) is 12.1 Å². The van der Waals surface area contributed by atoms with Gasteiger partial charge in [-0.15, -0.1) is 0 Å². The van der Waals surface area contributed by atoms with Gasteiger partial charge in [-0.3, -0.25) is 0 Å². The van der Waals surface area contributed by atoms with Crippen LogP contribution in [0.5, 0.6) is 11.5 Å². The Bertz CT molecular complexity index is 1000. The molecule has 2 N–H and O–H groups in total. The lowest BCUT2D eigenvalue weighted by molar-refractivity contribution is 0.471. The van der Waals surface area contributed by atoms with Crippen molar-refractivity contribution in [3.05, 3.63) is 55.6 Å². The van der Waals surface area contributed by atoms with E-state index in [2.05, 4.69) is 0 Å². The van der Waals surface area contributed by atoms with E-state index in [0.717, 1.165) is 73.6 Å². The third kappa shape index (κ3) is 3.90. The van der Waals surface area contributed by atoms with E-state index < -0.39 is 0 Å². The first-order chi connectivity index (χ1) is 13.5. The number of phenols is 2. The van der Waals surface area contributed by atoms with Gasteiger partial charge in [-0.1, -0.05) is 23.2 Å². The predicted molar refractivity (Wildman–Crippen MR) is 109 cm³/mol. The largest absolute Gasteiger partial charge is 0.507 e. The number of aryl methyl sites for hydroxylation is 2. The van der Waals surface area contributed by atoms with E-state index >= 15 is 0 Å². The Labute approximate surface area is 174 Å². The normalized spacial score (nSPS) is 14.6. The van der Waals surface area contributed by atoms with Crippen LogP contribution >= 0.6 is 23.2 Å². The van der Waals surface area contributed by atoms with Gasteiger partial charge in [0.25, 0.3) is 0 Å². The van der Waals surface area contributed by atoms with E-state index in [-0.39, 0.29) is 22.6 Å². The minimum absolute atomic E-state index is 0.0122. The second-order valence-corrected chi connectivity index (χ2v) is 7.84. The number of rotatable bonds is 0. The average molecular weight is 415 g/mol. The number of phenolic OH excluding ortho intramolecular Hbond substituents is 2. The molecule has 144 valence electrons. The highest BCUT2D eigenvalue weighted by molar-refractivity contribution is 6.33. The van der Waals surface area contributed by atoms with E-state index in [1.54, 1.807) is 12.1 Å². The van der Waals surface area contributed by atoms with Crippen molar-refractivity contribution in [1.82, 2.24) is 0 Å². The molecule has 0 saturated carbocycles. The van der Waals surface area contributed by atoms with Gasteiger partial charge < -0.3 is 10.2 Å². The minimum atomic E-state index is -0.0604. The van der Waals surface area contributed by atoms with Crippen LogP contribution in [-0.2, 0) is 25.7 Å². The van der Waals surface area contributed by atoms with Crippen molar-refractivity contribution in [2.75, 3.05) is 0 Å². The van der Waals surface area contributed by atoms with Gasteiger partial charge in [-0.2, -0.15) is 10.5 Å². The zero-order valence-corrected chi connectivity index (χ0v) is 16.9. The van der Waals surface area contributed by atoms with Gasteiger partial charge in [0.2, 0.25) is 0 Å². The summed E-state index contributed by atoms with van der Waals surface area (Å²) in [6.07, 6.45) is 8.24. The van der Waals surface area contributed by atoms with Gasteiger partial charge in [0.15, 0.2) is 5.75 Å². The van der Waals surface area contributed by atoms with E-state index in [0.29, 0.717) is 10.0 Å². The molecule has 0 unspecified atom stereocenters. The molecule has 2 aliphatic carbocycles. The van der Waals surface area contributed by atoms with Crippen LogP contribution in [0, 0.1) is 22.7 Å². The van der Waals surface area contributed by atoms with Crippen molar-refractivity contribution >= 4 is 23.2 Å². The van der Waals surface area contributed by atoms with Gasteiger partial charge in [0, 0.05) is 0 Å². The maximum atomic E-state index is 9.60. The number of aromatic hydroxyl groups is 2. The van der Waals surface area contributed by atoms with Crippen LogP contribution in [-0.4, -0.2) is 10.2 Å². The standard InChI is InChI=1S/2C11H10ClNO/c12-10-9-4-2-1-3-7(9)5-8(6-13)11(10)14;12-11-8-4-2-1-3-7(8)5-10(14)9(11)6-13/h2*5,14H,1-4H2. The molecule has 0 saturated heterocycles. The van der Waals surface area contributed by atoms with Crippen LogP contribution in [0.25, 0.3) is 0 Å². The topological polar surface area (TPSA) is 88.0 Å². The molecule has 4 rings (SSSR count). The van der Waals surface area contributed by atoms with Crippen LogP contribution < -0.4 is 0 Å². The zero-order chi connectivity index (χ0) is 20.3. The third-order valence-electron chi connectivity index (χ3n) is 5.35. The smallest absolute Gasteiger partial charge is 0.152 e. The Morgan fingerprint density at radius 3 is 1.86 bits per heavy atom. The maximum absolute atomic E-state index is 9.60. The molecule has 0 amide bonds. The lowest BCUT2D eigenvalue weighted by Gasteiger charge is -2.18. The summed E-state index contributed by atoms with van der Waals surface area (Å²) < 4.78 is 0. The number of benzene rings is 2. The molecule has 0 atom stereocenters. The molecule has 2 aromatic rings. The highest BCUT2D eigenvalue weighted by Gasteiger charge is 2.19. The lowest BCUT2D eigenvalue weighted by Crippen LogP contribution is -2.04. The Morgan fingerprint density at radius 2 is 1.29 bits per heavy atom. The number of nitrogens with zero attached hydrogens (tertiary/aromatic N) is 2. The molecule has 6 heteroatoms. The van der Waals surface area contributed by atoms with Crippen LogP contribution in [0.1, 0.15) is 59.1 Å². The fraction of sp³-hybridized carbons (Fsp3) is 0.364. The van der Waals surface area contributed by atoms with Crippen LogP contribution in [0.3, 0.4) is 0 Å². The highest BCUT2D eigenvalue weighted by Crippen LogP contribution is 2.37. The Morgan fingerprint density at radius 1 is 0.750 bits per heavy atom. The van der Waals surface area contributed by atoms with Crippen molar-refractivity contribution in [3.8, 4) is 23.6 Å². The molecular formula is C22H20Cl2N2O2. The van der Waals surface area contributed by atoms with Crippen LogP contribution in [0.15, 0.2) is 12.1 Å². The number of hydrogen-bond acceptors (Lipinski definition) is 4. The number of fused-ring (bicyclic) bond motifs is 2. The fourth-order valence-corrected chi connectivity index (χ4v) is 4.55. The van der Waals surface area contributed by atoms with Gasteiger partial charge in [0.05, 0.1) is 15.6 Å².